The van der Waals surface area contributed by atoms with E-state index in [1.165, 1.54) is 6.42 Å². The molecule has 4 rings (SSSR count). The molecule has 0 bridgehead atoms. The summed E-state index contributed by atoms with van der Waals surface area (Å²) < 4.78 is 1.94. The lowest BCUT2D eigenvalue weighted by molar-refractivity contribution is -0.0476. The molecule has 0 atom stereocenters. The van der Waals surface area contributed by atoms with E-state index in [0.717, 1.165) is 62.8 Å². The number of benzene rings is 1. The van der Waals surface area contributed by atoms with Gasteiger partial charge in [0.05, 0.1) is 16.6 Å². The first-order valence-electron chi connectivity index (χ1n) is 8.79. The first kappa shape index (κ1) is 15.0. The SMILES string of the molecule is O=c1[nH]c2ccccc2n1C1CCN(CCC2(O)CCC2)CC1. The van der Waals surface area contributed by atoms with Gasteiger partial charge in [-0.05, 0) is 50.7 Å². The monoisotopic (exact) mass is 315 g/mol. The second kappa shape index (κ2) is 5.80. The summed E-state index contributed by atoms with van der Waals surface area (Å²) >= 11 is 0. The molecule has 1 saturated heterocycles. The molecule has 1 aromatic carbocycles. The van der Waals surface area contributed by atoms with Crippen LogP contribution in [0.4, 0.5) is 0 Å². The van der Waals surface area contributed by atoms with Crippen molar-refractivity contribution in [2.24, 2.45) is 0 Å². The maximum atomic E-state index is 12.3. The van der Waals surface area contributed by atoms with E-state index in [9.17, 15) is 9.90 Å². The highest BCUT2D eigenvalue weighted by molar-refractivity contribution is 5.75. The van der Waals surface area contributed by atoms with Gasteiger partial charge in [-0.15, -0.1) is 0 Å². The fourth-order valence-electron chi connectivity index (χ4n) is 4.04. The average Bonchev–Trinajstić information content (AvgIpc) is 2.87. The smallest absolute Gasteiger partial charge is 0.326 e. The number of piperidine rings is 1. The fourth-order valence-corrected chi connectivity index (χ4v) is 4.04. The topological polar surface area (TPSA) is 61.3 Å². The molecule has 124 valence electrons. The third kappa shape index (κ3) is 2.83. The summed E-state index contributed by atoms with van der Waals surface area (Å²) in [5.74, 6) is 0. The highest BCUT2D eigenvalue weighted by Gasteiger charge is 2.34. The van der Waals surface area contributed by atoms with Gasteiger partial charge in [0, 0.05) is 25.7 Å². The maximum Gasteiger partial charge on any atom is 0.326 e. The lowest BCUT2D eigenvalue weighted by Crippen LogP contribution is -2.43. The van der Waals surface area contributed by atoms with Gasteiger partial charge in [-0.2, -0.15) is 0 Å². The normalized spacial score (nSPS) is 22.3. The van der Waals surface area contributed by atoms with Crippen molar-refractivity contribution < 1.29 is 5.11 Å². The van der Waals surface area contributed by atoms with Crippen LogP contribution in [0.25, 0.3) is 11.0 Å². The van der Waals surface area contributed by atoms with Crippen LogP contribution >= 0.6 is 0 Å². The molecule has 1 aliphatic carbocycles. The second-order valence-corrected chi connectivity index (χ2v) is 7.22. The molecule has 0 unspecified atom stereocenters. The standard InChI is InChI=1S/C18H25N3O2/c22-17-19-15-4-1-2-5-16(15)21(17)14-6-11-20(12-7-14)13-10-18(23)8-3-9-18/h1-2,4-5,14,23H,3,6-13H2,(H,19,22). The van der Waals surface area contributed by atoms with Crippen LogP contribution in [-0.2, 0) is 0 Å². The number of rotatable bonds is 4. The van der Waals surface area contributed by atoms with E-state index in [1.54, 1.807) is 0 Å². The predicted octanol–water partition coefficient (Wildman–Crippen LogP) is 2.27. The summed E-state index contributed by atoms with van der Waals surface area (Å²) in [5, 5.41) is 10.2. The number of hydrogen-bond acceptors (Lipinski definition) is 3. The van der Waals surface area contributed by atoms with Crippen molar-refractivity contribution in [2.45, 2.75) is 50.2 Å². The zero-order chi connectivity index (χ0) is 15.9. The van der Waals surface area contributed by atoms with Crippen molar-refractivity contribution in [3.05, 3.63) is 34.7 Å². The van der Waals surface area contributed by atoms with Gasteiger partial charge in [-0.3, -0.25) is 4.57 Å². The van der Waals surface area contributed by atoms with Crippen LogP contribution in [0.1, 0.15) is 44.6 Å². The number of para-hydroxylation sites is 2. The van der Waals surface area contributed by atoms with Crippen molar-refractivity contribution >= 4 is 11.0 Å². The summed E-state index contributed by atoms with van der Waals surface area (Å²) in [7, 11) is 0. The minimum absolute atomic E-state index is 0.00780. The Kier molecular flexibility index (Phi) is 3.77. The van der Waals surface area contributed by atoms with Crippen LogP contribution in [0.3, 0.4) is 0 Å². The second-order valence-electron chi connectivity index (χ2n) is 7.22. The molecular weight excluding hydrogens is 290 g/mol. The van der Waals surface area contributed by atoms with Crippen LogP contribution < -0.4 is 5.69 Å². The zero-order valence-electron chi connectivity index (χ0n) is 13.5. The molecule has 0 spiro atoms. The molecule has 23 heavy (non-hydrogen) atoms. The highest BCUT2D eigenvalue weighted by atomic mass is 16.3. The average molecular weight is 315 g/mol. The molecular formula is C18H25N3O2. The molecule has 2 aliphatic rings. The van der Waals surface area contributed by atoms with E-state index in [0.29, 0.717) is 0 Å². The van der Waals surface area contributed by atoms with Crippen LogP contribution in [0.2, 0.25) is 0 Å². The van der Waals surface area contributed by atoms with Crippen LogP contribution in [-0.4, -0.2) is 44.8 Å². The number of nitrogens with zero attached hydrogens (tertiary/aromatic N) is 2. The minimum atomic E-state index is -0.384. The molecule has 1 aromatic heterocycles. The number of aromatic nitrogens is 2. The number of nitrogens with one attached hydrogen (secondary N) is 1. The van der Waals surface area contributed by atoms with Gasteiger partial charge < -0.3 is 15.0 Å². The van der Waals surface area contributed by atoms with Gasteiger partial charge in [-0.25, -0.2) is 4.79 Å². The fraction of sp³-hybridized carbons (Fsp3) is 0.611. The molecule has 5 heteroatoms. The van der Waals surface area contributed by atoms with Crippen molar-refractivity contribution in [2.75, 3.05) is 19.6 Å². The molecule has 1 aliphatic heterocycles. The number of hydrogen-bond donors (Lipinski definition) is 2. The van der Waals surface area contributed by atoms with Crippen molar-refractivity contribution in [1.82, 2.24) is 14.5 Å². The lowest BCUT2D eigenvalue weighted by Gasteiger charge is -2.39. The molecule has 2 heterocycles. The Labute approximate surface area is 135 Å². The summed E-state index contributed by atoms with van der Waals surface area (Å²) in [5.41, 5.74) is 1.56. The summed E-state index contributed by atoms with van der Waals surface area (Å²) in [6.07, 6.45) is 6.00. The first-order valence-corrected chi connectivity index (χ1v) is 8.79. The van der Waals surface area contributed by atoms with E-state index in [2.05, 4.69) is 9.88 Å². The number of fused-ring (bicyclic) bond motifs is 1. The Morgan fingerprint density at radius 3 is 2.65 bits per heavy atom. The Hall–Kier alpha value is -1.59. The number of imidazole rings is 1. The molecule has 0 amide bonds. The summed E-state index contributed by atoms with van der Waals surface area (Å²) in [6, 6.07) is 8.20. The van der Waals surface area contributed by atoms with E-state index in [-0.39, 0.29) is 17.3 Å². The number of aliphatic hydroxyl groups is 1. The summed E-state index contributed by atoms with van der Waals surface area (Å²) in [6.45, 7) is 2.99. The van der Waals surface area contributed by atoms with Gasteiger partial charge in [0.1, 0.15) is 0 Å². The zero-order valence-corrected chi connectivity index (χ0v) is 13.5. The van der Waals surface area contributed by atoms with E-state index in [1.807, 2.05) is 28.8 Å². The molecule has 0 radical (unpaired) electrons. The van der Waals surface area contributed by atoms with Crippen molar-refractivity contribution in [3.8, 4) is 0 Å². The Morgan fingerprint density at radius 1 is 1.22 bits per heavy atom. The van der Waals surface area contributed by atoms with Gasteiger partial charge in [0.25, 0.3) is 0 Å². The van der Waals surface area contributed by atoms with Gasteiger partial charge in [0.15, 0.2) is 0 Å². The van der Waals surface area contributed by atoms with Crippen molar-refractivity contribution in [1.29, 1.82) is 0 Å². The van der Waals surface area contributed by atoms with Crippen LogP contribution in [0, 0.1) is 0 Å². The van der Waals surface area contributed by atoms with E-state index in [4.69, 9.17) is 0 Å². The molecule has 2 fully saturated rings. The number of H-pyrrole nitrogens is 1. The third-order valence-electron chi connectivity index (χ3n) is 5.72. The van der Waals surface area contributed by atoms with Gasteiger partial charge in [-0.1, -0.05) is 12.1 Å². The van der Waals surface area contributed by atoms with Crippen LogP contribution in [0.5, 0.6) is 0 Å². The van der Waals surface area contributed by atoms with Crippen LogP contribution in [0.15, 0.2) is 29.1 Å². The number of aromatic amines is 1. The Balaban J connectivity index is 1.41. The van der Waals surface area contributed by atoms with E-state index < -0.39 is 0 Å². The van der Waals surface area contributed by atoms with Gasteiger partial charge >= 0.3 is 5.69 Å². The van der Waals surface area contributed by atoms with Gasteiger partial charge in [0.2, 0.25) is 0 Å². The van der Waals surface area contributed by atoms with E-state index >= 15 is 0 Å². The Morgan fingerprint density at radius 2 is 1.96 bits per heavy atom. The molecule has 2 aromatic rings. The Bertz CT molecular complexity index is 736. The highest BCUT2D eigenvalue weighted by Crippen LogP contribution is 2.35. The molecule has 1 saturated carbocycles. The first-order chi connectivity index (χ1) is 11.1. The predicted molar refractivity (Wildman–Crippen MR) is 90.7 cm³/mol. The minimum Gasteiger partial charge on any atom is -0.390 e. The third-order valence-corrected chi connectivity index (χ3v) is 5.72. The lowest BCUT2D eigenvalue weighted by atomic mass is 9.78. The molecule has 5 nitrogen and oxygen atoms in total. The maximum absolute atomic E-state index is 12.3. The van der Waals surface area contributed by atoms with Crippen molar-refractivity contribution in [3.63, 3.8) is 0 Å². The largest absolute Gasteiger partial charge is 0.390 e. The quantitative estimate of drug-likeness (QED) is 0.910. The molecule has 2 N–H and O–H groups in total. The number of likely N-dealkylation sites (tertiary alicyclic amines) is 1. The summed E-state index contributed by atoms with van der Waals surface area (Å²) in [4.78, 5) is 17.7.